The number of phenols is 2. The lowest BCUT2D eigenvalue weighted by Gasteiger charge is -2.20. The summed E-state index contributed by atoms with van der Waals surface area (Å²) in [7, 11) is 0. The Morgan fingerprint density at radius 2 is 1.06 bits per heavy atom. The Balaban J connectivity index is 1.53. The van der Waals surface area contributed by atoms with Crippen molar-refractivity contribution < 1.29 is 14.6 Å². The van der Waals surface area contributed by atoms with Gasteiger partial charge in [0.2, 0.25) is 5.71 Å². The van der Waals surface area contributed by atoms with E-state index in [0.29, 0.717) is 65.3 Å². The second-order valence-corrected chi connectivity index (χ2v) is 17.8. The van der Waals surface area contributed by atoms with E-state index in [9.17, 15) is 10.2 Å². The average molecular weight is 727 g/mol. The van der Waals surface area contributed by atoms with E-state index in [1.165, 1.54) is 0 Å². The fourth-order valence-corrected chi connectivity index (χ4v) is 8.89. The number of aromatic hydroxyl groups is 2. The number of oxazole rings is 1. The van der Waals surface area contributed by atoms with Crippen LogP contribution < -0.4 is 0 Å². The van der Waals surface area contributed by atoms with Crippen LogP contribution in [0.2, 0.25) is 0 Å². The van der Waals surface area contributed by atoms with E-state index in [2.05, 4.69) is 66.7 Å². The molecule has 0 amide bonds. The summed E-state index contributed by atoms with van der Waals surface area (Å²) in [6.07, 6.45) is 0. The van der Waals surface area contributed by atoms with E-state index < -0.39 is 0 Å². The number of hydrogen-bond acceptors (Lipinski definition) is 8. The first-order chi connectivity index (χ1) is 25.6. The molecule has 2 N–H and O–H groups in total. The molecule has 0 unspecified atom stereocenters. The number of hydrogen-bond donors (Lipinski definition) is 2. The highest BCUT2D eigenvalue weighted by Gasteiger charge is 2.23. The van der Waals surface area contributed by atoms with Gasteiger partial charge in [0, 0.05) is 26.9 Å². The van der Waals surface area contributed by atoms with Crippen molar-refractivity contribution in [2.75, 3.05) is 0 Å². The Morgan fingerprint density at radius 1 is 0.537 bits per heavy atom. The zero-order valence-corrected chi connectivity index (χ0v) is 32.2. The molecule has 8 heteroatoms. The quantitative estimate of drug-likeness (QED) is 0.150. The topological polar surface area (TPSA) is 105 Å². The maximum atomic E-state index is 12.2. The first kappa shape index (κ1) is 32.8. The van der Waals surface area contributed by atoms with E-state index >= 15 is 0 Å². The van der Waals surface area contributed by atoms with Gasteiger partial charge in [-0.25, -0.2) is 19.9 Å². The molecule has 0 atom stereocenters. The standard InChI is InChI=1S/C46H38N4O3S/c1-21-15-25-16-22(2)42-38-34(25)37-41(21)53-43(49-37)30-19-26(45(3,4)5)17-28(39(30)51)32-13-11-23-9-10-24-12-14-33(48-36(24)35(23)47-32)29-18-27(46(6,7)8)20-31(40(29)52)44(50-38)54-42/h9-20,51-52H,1-8H3. The van der Waals surface area contributed by atoms with Gasteiger partial charge in [0.1, 0.15) is 21.8 Å². The minimum Gasteiger partial charge on any atom is -0.507 e. The van der Waals surface area contributed by atoms with Crippen molar-refractivity contribution in [2.45, 2.75) is 66.2 Å². The van der Waals surface area contributed by atoms with Crippen molar-refractivity contribution in [1.29, 1.82) is 0 Å². The number of aryl methyl sites for hydroxylation is 2. The van der Waals surface area contributed by atoms with Crippen LogP contribution in [0, 0.1) is 13.8 Å². The second kappa shape index (κ2) is 10.9. The predicted octanol–water partition coefficient (Wildman–Crippen LogP) is 12.5. The molecular formula is C46H38N4O3S. The molecule has 54 heavy (non-hydrogen) atoms. The van der Waals surface area contributed by atoms with Crippen LogP contribution in [-0.2, 0) is 10.8 Å². The van der Waals surface area contributed by atoms with Crippen molar-refractivity contribution in [3.05, 3.63) is 95.1 Å². The largest absolute Gasteiger partial charge is 0.507 e. The summed E-state index contributed by atoms with van der Waals surface area (Å²) in [6.45, 7) is 17.1. The van der Waals surface area contributed by atoms with Gasteiger partial charge in [-0.15, -0.1) is 11.3 Å². The molecule has 0 spiro atoms. The van der Waals surface area contributed by atoms with Crippen molar-refractivity contribution in [3.8, 4) is 11.5 Å². The highest BCUT2D eigenvalue weighted by Crippen LogP contribution is 2.44. The van der Waals surface area contributed by atoms with Gasteiger partial charge in [-0.2, -0.15) is 0 Å². The van der Waals surface area contributed by atoms with E-state index in [0.717, 1.165) is 54.0 Å². The molecule has 266 valence electrons. The third-order valence-electron chi connectivity index (χ3n) is 11.0. The zero-order valence-electron chi connectivity index (χ0n) is 31.4. The van der Waals surface area contributed by atoms with Crippen molar-refractivity contribution >= 4 is 108 Å². The number of aromatic nitrogens is 4. The van der Waals surface area contributed by atoms with Crippen LogP contribution in [0.4, 0.5) is 0 Å². The molecule has 12 bridgehead atoms. The van der Waals surface area contributed by atoms with Crippen LogP contribution >= 0.6 is 11.3 Å². The minimum atomic E-state index is -0.260. The van der Waals surface area contributed by atoms with Crippen LogP contribution in [0.3, 0.4) is 0 Å². The summed E-state index contributed by atoms with van der Waals surface area (Å²) in [5.74, 6) is 0.172. The molecule has 0 aliphatic carbocycles. The predicted molar refractivity (Wildman–Crippen MR) is 224 cm³/mol. The Morgan fingerprint density at radius 3 is 1.65 bits per heavy atom. The lowest BCUT2D eigenvalue weighted by Crippen LogP contribution is -2.10. The van der Waals surface area contributed by atoms with Gasteiger partial charge in [-0.05, 0) is 101 Å². The average Bonchev–Trinajstić information content (AvgIpc) is 3.77. The normalized spacial score (nSPS) is 13.0. The second-order valence-electron chi connectivity index (χ2n) is 16.8. The van der Waals surface area contributed by atoms with Crippen molar-refractivity contribution in [3.63, 3.8) is 0 Å². The fraction of sp³-hybridized carbons (Fsp3) is 0.217. The Labute approximate surface area is 314 Å². The zero-order chi connectivity index (χ0) is 37.6. The minimum absolute atomic E-state index is 0.0442. The lowest BCUT2D eigenvalue weighted by atomic mass is 9.85. The number of phenolic OH excluding ortho intramolecular Hbond substituents is 2. The number of benzene rings is 5. The van der Waals surface area contributed by atoms with E-state index in [1.807, 2.05) is 61.5 Å². The smallest absolute Gasteiger partial charge is 0.231 e. The van der Waals surface area contributed by atoms with Gasteiger partial charge in [0.25, 0.3) is 0 Å². The lowest BCUT2D eigenvalue weighted by molar-refractivity contribution is 0.485. The number of pyridine rings is 2. The van der Waals surface area contributed by atoms with Gasteiger partial charge in [-0.1, -0.05) is 65.8 Å². The summed E-state index contributed by atoms with van der Waals surface area (Å²) in [5.41, 5.74) is 8.70. The monoisotopic (exact) mass is 726 g/mol. The summed E-state index contributed by atoms with van der Waals surface area (Å²) in [4.78, 5) is 21.6. The Hall–Kier alpha value is -5.86. The molecular weight excluding hydrogens is 689 g/mol. The highest BCUT2D eigenvalue weighted by atomic mass is 32.1. The Kier molecular flexibility index (Phi) is 6.59. The Bertz CT molecular complexity index is 3130. The summed E-state index contributed by atoms with van der Waals surface area (Å²) in [6, 6.07) is 24.5. The number of thiazole rings is 1. The molecule has 10 rings (SSSR count). The molecule has 0 fully saturated rings. The maximum Gasteiger partial charge on any atom is 0.231 e. The van der Waals surface area contributed by atoms with Crippen LogP contribution in [-0.4, -0.2) is 30.1 Å². The summed E-state index contributed by atoms with van der Waals surface area (Å²) >= 11 is 1.56. The summed E-state index contributed by atoms with van der Waals surface area (Å²) < 4.78 is 7.66. The molecule has 7 nitrogen and oxygen atoms in total. The molecule has 5 heterocycles. The van der Waals surface area contributed by atoms with Crippen LogP contribution in [0.5, 0.6) is 11.5 Å². The molecule has 5 aromatic heterocycles. The van der Waals surface area contributed by atoms with Crippen LogP contribution in [0.25, 0.3) is 97.0 Å². The highest BCUT2D eigenvalue weighted by molar-refractivity contribution is 7.25. The van der Waals surface area contributed by atoms with Gasteiger partial charge >= 0.3 is 0 Å². The molecule has 0 aliphatic rings. The SMILES string of the molecule is Cc1cc2cc(C)c3sc4nc3c2c2nc(oc12)c1cc(C(C)(C)C)cc(c1O)c1ccc2ccc3ccc(nc3c2n1)c1cc(C(C)(C)C)cc4c1O. The molecule has 0 saturated heterocycles. The number of rotatable bonds is 0. The molecule has 10 aromatic rings. The molecule has 0 saturated carbocycles. The van der Waals surface area contributed by atoms with Gasteiger partial charge < -0.3 is 14.6 Å². The van der Waals surface area contributed by atoms with Crippen LogP contribution in [0.1, 0.15) is 63.8 Å². The van der Waals surface area contributed by atoms with E-state index in [1.54, 1.807) is 11.3 Å². The van der Waals surface area contributed by atoms with E-state index in [-0.39, 0.29) is 22.3 Å². The fourth-order valence-electron chi connectivity index (χ4n) is 7.83. The van der Waals surface area contributed by atoms with Crippen molar-refractivity contribution in [2.24, 2.45) is 0 Å². The van der Waals surface area contributed by atoms with Gasteiger partial charge in [-0.3, -0.25) is 0 Å². The molecule has 5 aromatic carbocycles. The van der Waals surface area contributed by atoms with Crippen molar-refractivity contribution in [1.82, 2.24) is 19.9 Å². The third kappa shape index (κ3) is 4.72. The molecule has 0 radical (unpaired) electrons. The summed E-state index contributed by atoms with van der Waals surface area (Å²) in [5, 5.41) is 30.5. The number of fused-ring (bicyclic) bond motifs is 12. The molecule has 0 aliphatic heterocycles. The first-order valence-corrected chi connectivity index (χ1v) is 19.1. The maximum absolute atomic E-state index is 12.2. The van der Waals surface area contributed by atoms with E-state index in [4.69, 9.17) is 24.4 Å². The number of nitrogens with zero attached hydrogens (tertiary/aromatic N) is 4. The first-order valence-electron chi connectivity index (χ1n) is 18.2. The third-order valence-corrected chi connectivity index (χ3v) is 12.2. The van der Waals surface area contributed by atoms with Crippen LogP contribution in [0.15, 0.2) is 77.2 Å². The van der Waals surface area contributed by atoms with Gasteiger partial charge in [0.15, 0.2) is 5.58 Å². The van der Waals surface area contributed by atoms with Gasteiger partial charge in [0.05, 0.1) is 43.1 Å².